The molecule has 6 heteroatoms. The first-order chi connectivity index (χ1) is 14.9. The second kappa shape index (κ2) is 7.87. The van der Waals surface area contributed by atoms with Crippen molar-refractivity contribution in [1.82, 2.24) is 0 Å². The van der Waals surface area contributed by atoms with Gasteiger partial charge in [-0.05, 0) is 98.7 Å². The van der Waals surface area contributed by atoms with Gasteiger partial charge in [0.1, 0.15) is 5.75 Å². The number of anilines is 1. The van der Waals surface area contributed by atoms with Gasteiger partial charge in [-0.1, -0.05) is 31.5 Å². The number of carbonyl (C=O) groups excluding carboxylic acids is 1. The maximum atomic E-state index is 13.4. The van der Waals surface area contributed by atoms with Crippen LogP contribution in [0.15, 0.2) is 42.5 Å². The number of rotatable bonds is 4. The highest BCUT2D eigenvalue weighted by molar-refractivity contribution is 5.80. The second-order valence-electron chi connectivity index (χ2n) is 10.4. The number of hydrogen-bond acceptors (Lipinski definition) is 6. The van der Waals surface area contributed by atoms with Crippen LogP contribution >= 0.6 is 0 Å². The summed E-state index contributed by atoms with van der Waals surface area (Å²) >= 11 is 0. The molecule has 0 spiro atoms. The molecule has 2 aromatic rings. The molecule has 1 saturated carbocycles. The zero-order valence-electron chi connectivity index (χ0n) is 19.2. The third-order valence-corrected chi connectivity index (χ3v) is 7.79. The minimum Gasteiger partial charge on any atom is -0.733 e. The first kappa shape index (κ1) is 22.8. The number of nitrogens with zero attached hydrogens (tertiary/aromatic N) is 1. The topological polar surface area (TPSA) is 93.1 Å². The van der Waals surface area contributed by atoms with Crippen molar-refractivity contribution < 1.29 is 19.8 Å². The van der Waals surface area contributed by atoms with Crippen LogP contribution < -0.4 is 9.96 Å². The van der Waals surface area contributed by atoms with E-state index in [4.69, 9.17) is 9.94 Å². The number of fused-ring (bicyclic) bond motifs is 3. The van der Waals surface area contributed by atoms with Crippen molar-refractivity contribution in [1.29, 1.82) is 0 Å². The SMILES string of the molecule is CC(C)(O)c1ccc2c(c1)CC[C@H]1[C@](C)(C(=O)Oc3ccc(N([O-])O)cc3)CCC[C@]21C. The third kappa shape index (κ3) is 3.81. The molecule has 172 valence electrons. The number of aryl methyl sites for hydroxylation is 1. The zero-order valence-corrected chi connectivity index (χ0v) is 19.2. The van der Waals surface area contributed by atoms with E-state index in [2.05, 4.69) is 19.1 Å². The van der Waals surface area contributed by atoms with Crippen molar-refractivity contribution in [3.8, 4) is 5.75 Å². The summed E-state index contributed by atoms with van der Waals surface area (Å²) < 4.78 is 5.76. The van der Waals surface area contributed by atoms with Crippen LogP contribution in [0.1, 0.15) is 70.1 Å². The Hall–Kier alpha value is -2.41. The van der Waals surface area contributed by atoms with Gasteiger partial charge in [0.2, 0.25) is 0 Å². The van der Waals surface area contributed by atoms with Gasteiger partial charge in [-0.2, -0.15) is 0 Å². The van der Waals surface area contributed by atoms with Gasteiger partial charge in [-0.3, -0.25) is 10.0 Å². The molecule has 3 atom stereocenters. The summed E-state index contributed by atoms with van der Waals surface area (Å²) in [6, 6.07) is 12.2. The number of ether oxygens (including phenoxy) is 1. The third-order valence-electron chi connectivity index (χ3n) is 7.79. The molecule has 6 nitrogen and oxygen atoms in total. The molecular formula is C26H32NO5-. The summed E-state index contributed by atoms with van der Waals surface area (Å²) in [6.45, 7) is 7.90. The maximum Gasteiger partial charge on any atom is 0.317 e. The summed E-state index contributed by atoms with van der Waals surface area (Å²) in [5, 5.41) is 30.2. The van der Waals surface area contributed by atoms with E-state index in [-0.39, 0.29) is 28.2 Å². The van der Waals surface area contributed by atoms with Crippen LogP contribution in [0.3, 0.4) is 0 Å². The van der Waals surface area contributed by atoms with Gasteiger partial charge in [-0.15, -0.1) is 0 Å². The molecule has 1 fully saturated rings. The largest absolute Gasteiger partial charge is 0.733 e. The van der Waals surface area contributed by atoms with Crippen molar-refractivity contribution in [3.05, 3.63) is 64.4 Å². The Balaban J connectivity index is 1.62. The Labute approximate surface area is 189 Å². The summed E-state index contributed by atoms with van der Waals surface area (Å²) in [5.74, 6) is 0.256. The van der Waals surface area contributed by atoms with E-state index in [9.17, 15) is 15.1 Å². The van der Waals surface area contributed by atoms with Crippen LogP contribution in [0.2, 0.25) is 0 Å². The van der Waals surface area contributed by atoms with Gasteiger partial charge >= 0.3 is 5.97 Å². The molecule has 2 aromatic carbocycles. The summed E-state index contributed by atoms with van der Waals surface area (Å²) in [7, 11) is 0. The van der Waals surface area contributed by atoms with Gasteiger partial charge in [0, 0.05) is 0 Å². The van der Waals surface area contributed by atoms with Crippen LogP contribution in [0.4, 0.5) is 5.69 Å². The van der Waals surface area contributed by atoms with E-state index in [1.54, 1.807) is 13.8 Å². The van der Waals surface area contributed by atoms with E-state index >= 15 is 0 Å². The minimum absolute atomic E-state index is 0.0792. The van der Waals surface area contributed by atoms with Crippen LogP contribution in [0.5, 0.6) is 5.75 Å². The van der Waals surface area contributed by atoms with Crippen LogP contribution in [0, 0.1) is 16.5 Å². The van der Waals surface area contributed by atoms with Gasteiger partial charge < -0.3 is 20.3 Å². The fraction of sp³-hybridized carbons (Fsp3) is 0.500. The van der Waals surface area contributed by atoms with E-state index in [0.717, 1.165) is 37.7 Å². The Bertz CT molecular complexity index is 1010. The average Bonchev–Trinajstić information content (AvgIpc) is 2.73. The highest BCUT2D eigenvalue weighted by atomic mass is 16.8. The standard InChI is InChI=1S/C26H32NO5/c1-24(2,29)18-7-12-21-17(16-18)6-13-22-25(21,3)14-5-15-26(22,4)23(28)32-20-10-8-19(9-11-20)27(30)31/h7-12,16,22,29-30H,5-6,13-15H2,1-4H3/q-1/t22-,25-,26-/m1/s1. The molecule has 0 saturated heterocycles. The lowest BCUT2D eigenvalue weighted by molar-refractivity contribution is -0.154. The molecule has 32 heavy (non-hydrogen) atoms. The monoisotopic (exact) mass is 438 g/mol. The predicted octanol–water partition coefficient (Wildman–Crippen LogP) is 5.22. The molecule has 2 aliphatic carbocycles. The first-order valence-corrected chi connectivity index (χ1v) is 11.3. The fourth-order valence-corrected chi connectivity index (χ4v) is 5.98. The van der Waals surface area contributed by atoms with Crippen molar-refractivity contribution in [2.75, 3.05) is 5.23 Å². The van der Waals surface area contributed by atoms with Crippen molar-refractivity contribution in [2.45, 2.75) is 70.8 Å². The molecule has 0 radical (unpaired) electrons. The lowest BCUT2D eigenvalue weighted by Gasteiger charge is -2.54. The Kier molecular flexibility index (Phi) is 5.60. The lowest BCUT2D eigenvalue weighted by atomic mass is 9.49. The smallest absolute Gasteiger partial charge is 0.317 e. The highest BCUT2D eigenvalue weighted by Gasteiger charge is 2.55. The predicted molar refractivity (Wildman–Crippen MR) is 123 cm³/mol. The lowest BCUT2D eigenvalue weighted by Crippen LogP contribution is -2.53. The number of carbonyl (C=O) groups is 1. The zero-order chi connectivity index (χ0) is 23.3. The molecule has 2 N–H and O–H groups in total. The number of aliphatic hydroxyl groups is 1. The van der Waals surface area contributed by atoms with E-state index < -0.39 is 11.0 Å². The summed E-state index contributed by atoms with van der Waals surface area (Å²) in [5.41, 5.74) is 1.90. The van der Waals surface area contributed by atoms with Gasteiger partial charge in [0.05, 0.1) is 16.7 Å². The van der Waals surface area contributed by atoms with Crippen LogP contribution in [0.25, 0.3) is 0 Å². The number of benzene rings is 2. The number of hydrogen-bond donors (Lipinski definition) is 2. The maximum absolute atomic E-state index is 13.4. The molecule has 0 amide bonds. The molecule has 0 unspecified atom stereocenters. The highest BCUT2D eigenvalue weighted by Crippen LogP contribution is 2.57. The Morgan fingerprint density at radius 1 is 1.16 bits per heavy atom. The Morgan fingerprint density at radius 3 is 2.47 bits per heavy atom. The molecule has 0 aromatic heterocycles. The van der Waals surface area contributed by atoms with Crippen LogP contribution in [-0.4, -0.2) is 16.3 Å². The molecule has 0 bridgehead atoms. The van der Waals surface area contributed by atoms with Crippen LogP contribution in [-0.2, 0) is 22.2 Å². The number of esters is 1. The summed E-state index contributed by atoms with van der Waals surface area (Å²) in [4.78, 5) is 13.4. The van der Waals surface area contributed by atoms with Gasteiger partial charge in [-0.25, -0.2) is 0 Å². The van der Waals surface area contributed by atoms with Gasteiger partial charge in [0.15, 0.2) is 0 Å². The quantitative estimate of drug-likeness (QED) is 0.386. The summed E-state index contributed by atoms with van der Waals surface area (Å²) in [6.07, 6.45) is 4.47. The van der Waals surface area contributed by atoms with Crippen molar-refractivity contribution in [3.63, 3.8) is 0 Å². The average molecular weight is 439 g/mol. The van der Waals surface area contributed by atoms with E-state index in [1.807, 2.05) is 13.0 Å². The van der Waals surface area contributed by atoms with Gasteiger partial charge in [0.25, 0.3) is 0 Å². The molecular weight excluding hydrogens is 406 g/mol. The first-order valence-electron chi connectivity index (χ1n) is 11.3. The van der Waals surface area contributed by atoms with Crippen molar-refractivity contribution in [2.24, 2.45) is 11.3 Å². The second-order valence-corrected chi connectivity index (χ2v) is 10.4. The van der Waals surface area contributed by atoms with Crippen molar-refractivity contribution >= 4 is 11.7 Å². The Morgan fingerprint density at radius 2 is 1.84 bits per heavy atom. The fourth-order valence-electron chi connectivity index (χ4n) is 5.98. The molecule has 0 aliphatic heterocycles. The normalized spacial score (nSPS) is 27.3. The molecule has 0 heterocycles. The van der Waals surface area contributed by atoms with E-state index in [1.165, 1.54) is 35.4 Å². The van der Waals surface area contributed by atoms with E-state index in [0.29, 0.717) is 5.75 Å². The molecule has 2 aliphatic rings. The molecule has 4 rings (SSSR count). The minimum atomic E-state index is -0.883.